The molecule has 0 bridgehead atoms. The SMILES string of the molecule is CCOC1=CC=CC(=c2nc(N)c(=CC(N)=NSC)n2-c2c(OC)cccc2OC)N1. The van der Waals surface area contributed by atoms with Crippen molar-refractivity contribution in [3.05, 3.63) is 53.1 Å². The third kappa shape index (κ3) is 4.64. The molecule has 2 aromatic rings. The van der Waals surface area contributed by atoms with Crippen LogP contribution in [0, 0.1) is 0 Å². The van der Waals surface area contributed by atoms with E-state index in [-0.39, 0.29) is 5.82 Å². The minimum atomic E-state index is 0.275. The number of para-hydroxylation sites is 1. The van der Waals surface area contributed by atoms with E-state index >= 15 is 0 Å². The molecule has 0 fully saturated rings. The molecule has 3 rings (SSSR count). The van der Waals surface area contributed by atoms with Crippen molar-refractivity contribution in [1.29, 1.82) is 0 Å². The van der Waals surface area contributed by atoms with Crippen LogP contribution in [0.2, 0.25) is 0 Å². The molecule has 0 spiro atoms. The molecule has 1 aromatic heterocycles. The van der Waals surface area contributed by atoms with E-state index in [1.54, 1.807) is 20.3 Å². The van der Waals surface area contributed by atoms with E-state index < -0.39 is 0 Å². The Morgan fingerprint density at radius 3 is 2.61 bits per heavy atom. The van der Waals surface area contributed by atoms with Crippen LogP contribution in [0.5, 0.6) is 11.5 Å². The molecule has 0 saturated carbocycles. The molecule has 5 N–H and O–H groups in total. The number of ether oxygens (including phenoxy) is 3. The fourth-order valence-electron chi connectivity index (χ4n) is 3.14. The minimum Gasteiger partial charge on any atom is -0.494 e. The van der Waals surface area contributed by atoms with Gasteiger partial charge in [-0.2, -0.15) is 4.40 Å². The van der Waals surface area contributed by atoms with Gasteiger partial charge >= 0.3 is 0 Å². The quantitative estimate of drug-likeness (QED) is 0.330. The van der Waals surface area contributed by atoms with Gasteiger partial charge in [-0.05, 0) is 43.2 Å². The number of benzene rings is 1. The van der Waals surface area contributed by atoms with Gasteiger partial charge in [-0.3, -0.25) is 4.57 Å². The number of methoxy groups -OCH3 is 2. The predicted octanol–water partition coefficient (Wildman–Crippen LogP) is 1.03. The van der Waals surface area contributed by atoms with Crippen LogP contribution >= 0.6 is 11.9 Å². The van der Waals surface area contributed by atoms with Crippen LogP contribution in [0.4, 0.5) is 5.82 Å². The van der Waals surface area contributed by atoms with E-state index in [1.165, 1.54) is 11.9 Å². The molecule has 0 saturated heterocycles. The number of amidine groups is 1. The molecule has 0 radical (unpaired) electrons. The maximum Gasteiger partial charge on any atom is 0.191 e. The fourth-order valence-corrected chi connectivity index (χ4v) is 3.40. The highest BCUT2D eigenvalue weighted by atomic mass is 32.2. The minimum absolute atomic E-state index is 0.275. The zero-order chi connectivity index (χ0) is 22.4. The Morgan fingerprint density at radius 2 is 2.00 bits per heavy atom. The smallest absolute Gasteiger partial charge is 0.191 e. The zero-order valence-corrected chi connectivity index (χ0v) is 18.7. The van der Waals surface area contributed by atoms with Crippen LogP contribution in [-0.4, -0.2) is 42.5 Å². The number of nitrogens with zero attached hydrogens (tertiary/aromatic N) is 3. The summed E-state index contributed by atoms with van der Waals surface area (Å²) in [5, 5.41) is 3.79. The van der Waals surface area contributed by atoms with Gasteiger partial charge in [0, 0.05) is 12.3 Å². The number of nitrogens with two attached hydrogens (primary N) is 2. The molecule has 1 aromatic carbocycles. The molecule has 1 aliphatic heterocycles. The van der Waals surface area contributed by atoms with Gasteiger partial charge < -0.3 is 31.0 Å². The van der Waals surface area contributed by atoms with Crippen LogP contribution in [0.25, 0.3) is 17.5 Å². The lowest BCUT2D eigenvalue weighted by Gasteiger charge is -2.17. The van der Waals surface area contributed by atoms with E-state index in [2.05, 4.69) is 14.7 Å². The van der Waals surface area contributed by atoms with Crippen molar-refractivity contribution in [2.24, 2.45) is 10.1 Å². The van der Waals surface area contributed by atoms with Gasteiger partial charge in [-0.25, -0.2) is 4.98 Å². The van der Waals surface area contributed by atoms with Crippen molar-refractivity contribution >= 4 is 35.4 Å². The average Bonchev–Trinajstić information content (AvgIpc) is 3.09. The van der Waals surface area contributed by atoms with Gasteiger partial charge in [-0.1, -0.05) is 12.1 Å². The standard InChI is InChI=1S/C21H26N6O3S/c1-5-30-18-11-6-8-13(24-18)21-25-20(23)14(12-17(22)26-31-4)27(21)19-15(28-2)9-7-10-16(19)29-3/h6-12,24H,5H2,1-4H3,(H2,22,26)(H2,23,25). The molecule has 164 valence electrons. The second kappa shape index (κ2) is 9.98. The Morgan fingerprint density at radius 1 is 1.29 bits per heavy atom. The third-order valence-corrected chi connectivity index (χ3v) is 4.75. The average molecular weight is 443 g/mol. The molecular weight excluding hydrogens is 416 g/mol. The van der Waals surface area contributed by atoms with E-state index in [4.69, 9.17) is 25.7 Å². The molecule has 0 amide bonds. The summed E-state index contributed by atoms with van der Waals surface area (Å²) in [6, 6.07) is 5.51. The summed E-state index contributed by atoms with van der Waals surface area (Å²) < 4.78 is 22.9. The van der Waals surface area contributed by atoms with Gasteiger partial charge in [0.05, 0.1) is 31.9 Å². The highest BCUT2D eigenvalue weighted by Crippen LogP contribution is 2.30. The normalized spacial score (nSPS) is 16.1. The predicted molar refractivity (Wildman–Crippen MR) is 125 cm³/mol. The first-order chi connectivity index (χ1) is 15.0. The number of rotatable bonds is 7. The van der Waals surface area contributed by atoms with Crippen LogP contribution in [-0.2, 0) is 4.74 Å². The molecular formula is C21H26N6O3S. The number of hydrogen-bond donors (Lipinski definition) is 3. The van der Waals surface area contributed by atoms with Crippen molar-refractivity contribution in [3.8, 4) is 17.2 Å². The Hall–Kier alpha value is -3.53. The lowest BCUT2D eigenvalue weighted by Crippen LogP contribution is -2.33. The van der Waals surface area contributed by atoms with Crippen LogP contribution in [0.3, 0.4) is 0 Å². The van der Waals surface area contributed by atoms with Crippen molar-refractivity contribution in [2.45, 2.75) is 6.92 Å². The lowest BCUT2D eigenvalue weighted by molar-refractivity contribution is 0.215. The summed E-state index contributed by atoms with van der Waals surface area (Å²) in [7, 11) is 3.18. The summed E-state index contributed by atoms with van der Waals surface area (Å²) in [5.74, 6) is 2.34. The number of aromatic nitrogens is 2. The molecule has 0 unspecified atom stereocenters. The highest BCUT2D eigenvalue weighted by molar-refractivity contribution is 7.97. The monoisotopic (exact) mass is 442 g/mol. The molecule has 0 atom stereocenters. The van der Waals surface area contributed by atoms with Crippen molar-refractivity contribution < 1.29 is 14.2 Å². The van der Waals surface area contributed by atoms with Crippen LogP contribution in [0.1, 0.15) is 6.92 Å². The van der Waals surface area contributed by atoms with Gasteiger partial charge in [0.2, 0.25) is 0 Å². The van der Waals surface area contributed by atoms with E-state index in [1.807, 2.05) is 54.2 Å². The van der Waals surface area contributed by atoms with Gasteiger partial charge in [0.15, 0.2) is 17.2 Å². The number of hydrogen-bond acceptors (Lipinski definition) is 8. The second-order valence-corrected chi connectivity index (χ2v) is 6.80. The number of nitrogen functional groups attached to an aromatic ring is 1. The molecule has 0 aliphatic carbocycles. The number of anilines is 1. The summed E-state index contributed by atoms with van der Waals surface area (Å²) in [4.78, 5) is 4.62. The maximum absolute atomic E-state index is 6.33. The number of nitrogens with one attached hydrogen (secondary N) is 1. The molecule has 1 aliphatic rings. The topological polar surface area (TPSA) is 122 Å². The Kier molecular flexibility index (Phi) is 7.14. The summed E-state index contributed by atoms with van der Waals surface area (Å²) in [6.45, 7) is 2.44. The lowest BCUT2D eigenvalue weighted by atomic mass is 10.2. The second-order valence-electron chi connectivity index (χ2n) is 6.26. The Balaban J connectivity index is 2.43. The molecule has 10 heteroatoms. The van der Waals surface area contributed by atoms with Crippen molar-refractivity contribution in [3.63, 3.8) is 0 Å². The molecule has 9 nitrogen and oxygen atoms in total. The van der Waals surface area contributed by atoms with E-state index in [9.17, 15) is 0 Å². The first-order valence-electron chi connectivity index (χ1n) is 9.50. The van der Waals surface area contributed by atoms with Crippen molar-refractivity contribution in [2.75, 3.05) is 32.8 Å². The summed E-state index contributed by atoms with van der Waals surface area (Å²) in [6.07, 6.45) is 9.08. The maximum atomic E-state index is 6.33. The van der Waals surface area contributed by atoms with Crippen LogP contribution < -0.4 is 37.1 Å². The van der Waals surface area contributed by atoms with Gasteiger partial charge in [0.25, 0.3) is 0 Å². The first kappa shape index (κ1) is 22.2. The molecule has 2 heterocycles. The van der Waals surface area contributed by atoms with Gasteiger partial charge in [0.1, 0.15) is 23.0 Å². The fraction of sp³-hybridized carbons (Fsp3) is 0.238. The summed E-state index contributed by atoms with van der Waals surface area (Å²) >= 11 is 1.25. The largest absolute Gasteiger partial charge is 0.494 e. The van der Waals surface area contributed by atoms with Crippen molar-refractivity contribution in [1.82, 2.24) is 14.9 Å². The zero-order valence-electron chi connectivity index (χ0n) is 17.9. The molecule has 31 heavy (non-hydrogen) atoms. The van der Waals surface area contributed by atoms with E-state index in [0.29, 0.717) is 52.0 Å². The summed E-state index contributed by atoms with van der Waals surface area (Å²) in [5.41, 5.74) is 14.3. The van der Waals surface area contributed by atoms with E-state index in [0.717, 1.165) is 0 Å². The number of imidazole rings is 1. The first-order valence-corrected chi connectivity index (χ1v) is 10.7. The highest BCUT2D eigenvalue weighted by Gasteiger charge is 2.19. The Labute approximate surface area is 184 Å². The third-order valence-electron chi connectivity index (χ3n) is 4.36. The number of dihydropyridines is 1. The van der Waals surface area contributed by atoms with Crippen LogP contribution in [0.15, 0.2) is 46.7 Å². The van der Waals surface area contributed by atoms with Gasteiger partial charge in [-0.15, -0.1) is 0 Å². The Bertz CT molecular complexity index is 1140. The number of allylic oxidation sites excluding steroid dienone is 2.